The molecule has 0 radical (unpaired) electrons. The highest BCUT2D eigenvalue weighted by molar-refractivity contribution is 6.46. The first-order valence-electron chi connectivity index (χ1n) is 5.04. The van der Waals surface area contributed by atoms with Crippen LogP contribution in [0.5, 0.6) is 0 Å². The lowest BCUT2D eigenvalue weighted by atomic mass is 10.1. The highest BCUT2D eigenvalue weighted by atomic mass is 35.5. The van der Waals surface area contributed by atoms with E-state index in [4.69, 9.17) is 40.5 Å². The summed E-state index contributed by atoms with van der Waals surface area (Å²) in [5.74, 6) is -1.18. The van der Waals surface area contributed by atoms with Crippen LogP contribution in [-0.4, -0.2) is 16.1 Å². The van der Waals surface area contributed by atoms with Gasteiger partial charge in [-0.25, -0.2) is 4.79 Å². The van der Waals surface area contributed by atoms with Gasteiger partial charge in [0.15, 0.2) is 0 Å². The topological polar surface area (TPSA) is 76.2 Å². The number of halogens is 3. The number of nitrogens with two attached hydrogens (primary N) is 1. The van der Waals surface area contributed by atoms with Crippen molar-refractivity contribution in [3.63, 3.8) is 0 Å². The van der Waals surface area contributed by atoms with Gasteiger partial charge in [0.2, 0.25) is 0 Å². The minimum atomic E-state index is -1.18. The fourth-order valence-corrected chi connectivity index (χ4v) is 2.29. The Balaban J connectivity index is 2.79. The average molecular weight is 318 g/mol. The highest BCUT2D eigenvalue weighted by Gasteiger charge is 2.20. The zero-order valence-electron chi connectivity index (χ0n) is 9.32. The number of carboxylic acid groups (broad SMARTS) is 1. The molecule has 0 aliphatic heterocycles. The molecule has 2 aromatic rings. The number of aromatic nitrogens is 1. The van der Waals surface area contributed by atoms with E-state index in [0.29, 0.717) is 0 Å². The van der Waals surface area contributed by atoms with Crippen LogP contribution < -0.4 is 5.73 Å². The molecule has 0 aliphatic rings. The van der Waals surface area contributed by atoms with E-state index in [-0.39, 0.29) is 37.6 Å². The third-order valence-electron chi connectivity index (χ3n) is 2.42. The second-order valence-electron chi connectivity index (χ2n) is 3.69. The Labute approximate surface area is 123 Å². The maximum atomic E-state index is 11.2. The fourth-order valence-electron chi connectivity index (χ4n) is 1.59. The molecule has 98 valence electrons. The lowest BCUT2D eigenvalue weighted by Gasteiger charge is -2.11. The summed E-state index contributed by atoms with van der Waals surface area (Å²) >= 11 is 18.0. The highest BCUT2D eigenvalue weighted by Crippen LogP contribution is 2.39. The van der Waals surface area contributed by atoms with E-state index >= 15 is 0 Å². The number of benzene rings is 1. The van der Waals surface area contributed by atoms with Crippen molar-refractivity contribution in [3.8, 4) is 11.3 Å². The molecule has 19 heavy (non-hydrogen) atoms. The SMILES string of the molecule is Nc1cnc(-c2c(Cl)ccc(Cl)c2Cl)c(C(=O)O)c1. The van der Waals surface area contributed by atoms with Crippen molar-refractivity contribution >= 4 is 46.5 Å². The summed E-state index contributed by atoms with van der Waals surface area (Å²) in [6.45, 7) is 0. The van der Waals surface area contributed by atoms with Crippen molar-refractivity contribution in [3.05, 3.63) is 45.0 Å². The van der Waals surface area contributed by atoms with Gasteiger partial charge < -0.3 is 10.8 Å². The average Bonchev–Trinajstić information content (AvgIpc) is 2.36. The number of nitrogen functional groups attached to an aromatic ring is 1. The first-order valence-corrected chi connectivity index (χ1v) is 6.18. The number of aromatic carboxylic acids is 1. The maximum Gasteiger partial charge on any atom is 0.337 e. The summed E-state index contributed by atoms with van der Waals surface area (Å²) in [4.78, 5) is 15.2. The molecule has 0 saturated heterocycles. The van der Waals surface area contributed by atoms with Crippen LogP contribution in [0.3, 0.4) is 0 Å². The Kier molecular flexibility index (Phi) is 3.85. The van der Waals surface area contributed by atoms with Gasteiger partial charge in [0.25, 0.3) is 0 Å². The van der Waals surface area contributed by atoms with Crippen LogP contribution in [0.4, 0.5) is 5.69 Å². The lowest BCUT2D eigenvalue weighted by molar-refractivity contribution is 0.0697. The van der Waals surface area contributed by atoms with E-state index in [1.807, 2.05) is 0 Å². The second kappa shape index (κ2) is 5.25. The van der Waals surface area contributed by atoms with E-state index in [1.165, 1.54) is 24.4 Å². The number of pyridine rings is 1. The standard InChI is InChI=1S/C12H7Cl3N2O2/c13-7-1-2-8(14)10(15)9(7)11-6(12(18)19)3-5(16)4-17-11/h1-4H,16H2,(H,18,19). The van der Waals surface area contributed by atoms with Crippen molar-refractivity contribution in [2.45, 2.75) is 0 Å². The van der Waals surface area contributed by atoms with Crippen molar-refractivity contribution in [2.24, 2.45) is 0 Å². The van der Waals surface area contributed by atoms with Crippen LogP contribution in [0.1, 0.15) is 10.4 Å². The lowest BCUT2D eigenvalue weighted by Crippen LogP contribution is -2.04. The molecule has 0 fully saturated rings. The van der Waals surface area contributed by atoms with Gasteiger partial charge in [-0.05, 0) is 18.2 Å². The smallest absolute Gasteiger partial charge is 0.337 e. The van der Waals surface area contributed by atoms with E-state index in [1.54, 1.807) is 0 Å². The summed E-state index contributed by atoms with van der Waals surface area (Å²) in [6, 6.07) is 4.33. The molecule has 0 spiro atoms. The molecule has 7 heteroatoms. The molecule has 1 heterocycles. The Hall–Kier alpha value is -1.49. The molecule has 1 aromatic carbocycles. The molecule has 3 N–H and O–H groups in total. The van der Waals surface area contributed by atoms with Gasteiger partial charge in [-0.2, -0.15) is 0 Å². The number of carboxylic acids is 1. The largest absolute Gasteiger partial charge is 0.478 e. The fraction of sp³-hybridized carbons (Fsp3) is 0. The first-order chi connectivity index (χ1) is 8.91. The first kappa shape index (κ1) is 13.9. The molecule has 0 bridgehead atoms. The van der Waals surface area contributed by atoms with Gasteiger partial charge in [0.1, 0.15) is 0 Å². The minimum Gasteiger partial charge on any atom is -0.478 e. The van der Waals surface area contributed by atoms with Gasteiger partial charge in [-0.1, -0.05) is 34.8 Å². The molecule has 0 unspecified atom stereocenters. The molecule has 0 atom stereocenters. The maximum absolute atomic E-state index is 11.2. The van der Waals surface area contributed by atoms with Crippen molar-refractivity contribution in [2.75, 3.05) is 5.73 Å². The number of hydrogen-bond acceptors (Lipinski definition) is 3. The Morgan fingerprint density at radius 1 is 1.21 bits per heavy atom. The quantitative estimate of drug-likeness (QED) is 0.821. The van der Waals surface area contributed by atoms with Crippen LogP contribution >= 0.6 is 34.8 Å². The number of anilines is 1. The van der Waals surface area contributed by atoms with E-state index < -0.39 is 5.97 Å². The predicted octanol–water partition coefficient (Wildman–Crippen LogP) is 3.99. The Morgan fingerprint density at radius 2 is 1.84 bits per heavy atom. The summed E-state index contributed by atoms with van der Waals surface area (Å²) in [5.41, 5.74) is 6.07. The molecule has 0 saturated carbocycles. The number of hydrogen-bond donors (Lipinski definition) is 2. The van der Waals surface area contributed by atoms with Gasteiger partial charge >= 0.3 is 5.97 Å². The van der Waals surface area contributed by atoms with Gasteiger partial charge in [0.05, 0.1) is 38.2 Å². The zero-order valence-corrected chi connectivity index (χ0v) is 11.6. The summed E-state index contributed by atoms with van der Waals surface area (Å²) in [7, 11) is 0. The van der Waals surface area contributed by atoms with Crippen LogP contribution in [0.2, 0.25) is 15.1 Å². The Morgan fingerprint density at radius 3 is 2.47 bits per heavy atom. The van der Waals surface area contributed by atoms with Gasteiger partial charge in [-0.15, -0.1) is 0 Å². The summed E-state index contributed by atoms with van der Waals surface area (Å²) in [6.07, 6.45) is 1.33. The van der Waals surface area contributed by atoms with Crippen molar-refractivity contribution in [1.29, 1.82) is 0 Å². The minimum absolute atomic E-state index is 0.0916. The molecule has 2 rings (SSSR count). The van der Waals surface area contributed by atoms with Crippen LogP contribution in [0.15, 0.2) is 24.4 Å². The van der Waals surface area contributed by atoms with E-state index in [0.717, 1.165) is 0 Å². The third-order valence-corrected chi connectivity index (χ3v) is 3.54. The van der Waals surface area contributed by atoms with E-state index in [9.17, 15) is 9.90 Å². The molecular formula is C12H7Cl3N2O2. The summed E-state index contributed by atoms with van der Waals surface area (Å²) in [5, 5.41) is 9.85. The second-order valence-corrected chi connectivity index (χ2v) is 4.88. The van der Waals surface area contributed by atoms with Crippen molar-refractivity contribution in [1.82, 2.24) is 4.98 Å². The van der Waals surface area contributed by atoms with E-state index in [2.05, 4.69) is 4.98 Å². The van der Waals surface area contributed by atoms with Gasteiger partial charge in [-0.3, -0.25) is 4.98 Å². The number of rotatable bonds is 2. The predicted molar refractivity (Wildman–Crippen MR) is 76.1 cm³/mol. The van der Waals surface area contributed by atoms with Crippen molar-refractivity contribution < 1.29 is 9.90 Å². The monoisotopic (exact) mass is 316 g/mol. The van der Waals surface area contributed by atoms with Crippen LogP contribution in [-0.2, 0) is 0 Å². The zero-order chi connectivity index (χ0) is 14.2. The molecular weight excluding hydrogens is 311 g/mol. The number of nitrogens with zero attached hydrogens (tertiary/aromatic N) is 1. The van der Waals surface area contributed by atoms with Crippen LogP contribution in [0.25, 0.3) is 11.3 Å². The summed E-state index contributed by atoms with van der Waals surface area (Å²) < 4.78 is 0. The molecule has 0 aliphatic carbocycles. The molecule has 0 amide bonds. The number of carbonyl (C=O) groups is 1. The Bertz CT molecular complexity index is 674. The van der Waals surface area contributed by atoms with Gasteiger partial charge in [0, 0.05) is 5.56 Å². The van der Waals surface area contributed by atoms with Crippen LogP contribution in [0, 0.1) is 0 Å². The molecule has 1 aromatic heterocycles. The molecule has 4 nitrogen and oxygen atoms in total. The third kappa shape index (κ3) is 2.61. The normalized spacial score (nSPS) is 10.5.